The van der Waals surface area contributed by atoms with Gasteiger partial charge < -0.3 is 0 Å². The Morgan fingerprint density at radius 3 is 1.67 bits per heavy atom. The lowest BCUT2D eigenvalue weighted by Gasteiger charge is -2.31. The van der Waals surface area contributed by atoms with E-state index in [0.29, 0.717) is 5.78 Å². The van der Waals surface area contributed by atoms with Crippen molar-refractivity contribution in [3.63, 3.8) is 0 Å². The first kappa shape index (κ1) is 9.02. The van der Waals surface area contributed by atoms with Gasteiger partial charge in [0.25, 0.3) is 0 Å². The number of carbonyl (C=O) groups is 1. The standard InChI is InChI=1S/C7H16OS/c1-6(8)7(2)9(3,4)5/h7H,1-5H3. The molecular weight excluding hydrogens is 132 g/mol. The number of carbonyl (C=O) groups excluding carboxylic acids is 1. The van der Waals surface area contributed by atoms with Crippen molar-refractivity contribution in [2.24, 2.45) is 0 Å². The minimum absolute atomic E-state index is 0.262. The lowest BCUT2D eigenvalue weighted by molar-refractivity contribution is -0.116. The predicted molar refractivity (Wildman–Crippen MR) is 45.5 cm³/mol. The summed E-state index contributed by atoms with van der Waals surface area (Å²) in [5.74, 6) is 0.317. The highest BCUT2D eigenvalue weighted by atomic mass is 32.3. The van der Waals surface area contributed by atoms with E-state index in [1.54, 1.807) is 6.92 Å². The van der Waals surface area contributed by atoms with Gasteiger partial charge in [0.05, 0.1) is 0 Å². The molecule has 0 saturated carbocycles. The molecule has 0 spiro atoms. The summed E-state index contributed by atoms with van der Waals surface area (Å²) in [7, 11) is -0.652. The summed E-state index contributed by atoms with van der Waals surface area (Å²) in [6.45, 7) is 3.68. The lowest BCUT2D eigenvalue weighted by atomic mass is 10.3. The maximum atomic E-state index is 10.8. The zero-order valence-corrected chi connectivity index (χ0v) is 7.71. The van der Waals surface area contributed by atoms with E-state index in [4.69, 9.17) is 0 Å². The van der Waals surface area contributed by atoms with Gasteiger partial charge in [0, 0.05) is 5.25 Å². The third-order valence-corrected chi connectivity index (χ3v) is 4.09. The number of Topliss-reactive ketones (excluding diaryl/α,β-unsaturated/α-hetero) is 1. The SMILES string of the molecule is CC(=O)C(C)S(C)(C)C. The van der Waals surface area contributed by atoms with Gasteiger partial charge in [-0.25, -0.2) is 10.0 Å². The van der Waals surface area contributed by atoms with E-state index >= 15 is 0 Å². The third-order valence-electron chi connectivity index (χ3n) is 1.63. The van der Waals surface area contributed by atoms with Crippen LogP contribution in [0.3, 0.4) is 0 Å². The summed E-state index contributed by atoms with van der Waals surface area (Å²) in [6, 6.07) is 0. The average molecular weight is 148 g/mol. The highest BCUT2D eigenvalue weighted by Gasteiger charge is 2.18. The molecule has 0 saturated heterocycles. The molecule has 0 bridgehead atoms. The van der Waals surface area contributed by atoms with Gasteiger partial charge in [0.2, 0.25) is 0 Å². The van der Waals surface area contributed by atoms with Crippen LogP contribution in [0.15, 0.2) is 0 Å². The van der Waals surface area contributed by atoms with Crippen LogP contribution >= 0.6 is 10.0 Å². The van der Waals surface area contributed by atoms with Gasteiger partial charge in [0.15, 0.2) is 0 Å². The third kappa shape index (κ3) is 2.89. The van der Waals surface area contributed by atoms with Crippen LogP contribution < -0.4 is 0 Å². The summed E-state index contributed by atoms with van der Waals surface area (Å²) in [6.07, 6.45) is 6.50. The molecule has 1 nitrogen and oxygen atoms in total. The van der Waals surface area contributed by atoms with E-state index < -0.39 is 10.0 Å². The Kier molecular flexibility index (Phi) is 2.74. The molecule has 2 heteroatoms. The van der Waals surface area contributed by atoms with Crippen molar-refractivity contribution < 1.29 is 4.79 Å². The molecule has 0 heterocycles. The van der Waals surface area contributed by atoms with Crippen molar-refractivity contribution in [3.05, 3.63) is 0 Å². The highest BCUT2D eigenvalue weighted by molar-refractivity contribution is 8.33. The molecule has 0 aromatic heterocycles. The number of hydrogen-bond acceptors (Lipinski definition) is 1. The second-order valence-corrected chi connectivity index (χ2v) is 7.76. The Morgan fingerprint density at radius 1 is 1.33 bits per heavy atom. The Labute approximate surface area is 59.1 Å². The van der Waals surface area contributed by atoms with Gasteiger partial charge in [-0.15, -0.1) is 0 Å². The van der Waals surface area contributed by atoms with E-state index in [1.165, 1.54) is 0 Å². The van der Waals surface area contributed by atoms with Crippen molar-refractivity contribution in [2.75, 3.05) is 18.8 Å². The van der Waals surface area contributed by atoms with Crippen LogP contribution in [0.25, 0.3) is 0 Å². The summed E-state index contributed by atoms with van der Waals surface area (Å²) in [4.78, 5) is 10.8. The maximum absolute atomic E-state index is 10.8. The monoisotopic (exact) mass is 148 g/mol. The van der Waals surface area contributed by atoms with Gasteiger partial charge in [0.1, 0.15) is 5.78 Å². The molecule has 0 aliphatic carbocycles. The van der Waals surface area contributed by atoms with Gasteiger partial charge >= 0.3 is 0 Å². The first-order valence-corrected chi connectivity index (χ1v) is 5.95. The first-order chi connectivity index (χ1) is 3.85. The Balaban J connectivity index is 4.04. The molecule has 0 aromatic rings. The fraction of sp³-hybridized carbons (Fsp3) is 0.857. The van der Waals surface area contributed by atoms with Crippen LogP contribution in [0.2, 0.25) is 0 Å². The van der Waals surface area contributed by atoms with E-state index in [9.17, 15) is 4.79 Å². The van der Waals surface area contributed by atoms with Gasteiger partial charge in [-0.1, -0.05) is 0 Å². The first-order valence-electron chi connectivity index (χ1n) is 3.03. The Morgan fingerprint density at radius 2 is 1.67 bits per heavy atom. The van der Waals surface area contributed by atoms with Crippen molar-refractivity contribution in [1.29, 1.82) is 0 Å². The molecule has 0 amide bonds. The van der Waals surface area contributed by atoms with Crippen LogP contribution in [-0.4, -0.2) is 29.8 Å². The van der Waals surface area contributed by atoms with Crippen molar-refractivity contribution in [2.45, 2.75) is 19.1 Å². The van der Waals surface area contributed by atoms with Crippen LogP contribution in [-0.2, 0) is 4.79 Å². The number of rotatable bonds is 2. The zero-order valence-electron chi connectivity index (χ0n) is 6.89. The van der Waals surface area contributed by atoms with E-state index in [2.05, 4.69) is 18.8 Å². The van der Waals surface area contributed by atoms with Crippen molar-refractivity contribution in [1.82, 2.24) is 0 Å². The molecule has 0 aliphatic heterocycles. The molecule has 0 radical (unpaired) electrons. The summed E-state index contributed by atoms with van der Waals surface area (Å²) >= 11 is 0. The minimum atomic E-state index is -0.652. The summed E-state index contributed by atoms with van der Waals surface area (Å²) in [5.41, 5.74) is 0. The minimum Gasteiger partial charge on any atom is -0.299 e. The molecule has 1 unspecified atom stereocenters. The second kappa shape index (κ2) is 2.74. The molecule has 9 heavy (non-hydrogen) atoms. The predicted octanol–water partition coefficient (Wildman–Crippen LogP) is 1.66. The molecule has 0 N–H and O–H groups in total. The van der Waals surface area contributed by atoms with Crippen LogP contribution in [0.1, 0.15) is 13.8 Å². The van der Waals surface area contributed by atoms with Gasteiger partial charge in [-0.2, -0.15) is 0 Å². The average Bonchev–Trinajstić information content (AvgIpc) is 1.62. The van der Waals surface area contributed by atoms with Crippen molar-refractivity contribution >= 4 is 15.8 Å². The zero-order chi connectivity index (χ0) is 7.65. The quantitative estimate of drug-likeness (QED) is 0.582. The van der Waals surface area contributed by atoms with Gasteiger partial charge in [-0.05, 0) is 32.6 Å². The lowest BCUT2D eigenvalue weighted by Crippen LogP contribution is -2.19. The molecular formula is C7H16OS. The van der Waals surface area contributed by atoms with Crippen LogP contribution in [0, 0.1) is 0 Å². The van der Waals surface area contributed by atoms with E-state index in [1.807, 2.05) is 6.92 Å². The van der Waals surface area contributed by atoms with Gasteiger partial charge in [-0.3, -0.25) is 4.79 Å². The fourth-order valence-electron chi connectivity index (χ4n) is 0.498. The second-order valence-electron chi connectivity index (χ2n) is 3.18. The molecule has 0 aliphatic rings. The normalized spacial score (nSPS) is 17.0. The van der Waals surface area contributed by atoms with Crippen molar-refractivity contribution in [3.8, 4) is 0 Å². The van der Waals surface area contributed by atoms with E-state index in [-0.39, 0.29) is 5.25 Å². The molecule has 56 valence electrons. The van der Waals surface area contributed by atoms with Crippen LogP contribution in [0.5, 0.6) is 0 Å². The fourth-order valence-corrected chi connectivity index (χ4v) is 1.49. The number of ketones is 1. The Bertz CT molecular complexity index is 113. The maximum Gasteiger partial charge on any atom is 0.140 e. The molecule has 0 aromatic carbocycles. The largest absolute Gasteiger partial charge is 0.299 e. The number of hydrogen-bond donors (Lipinski definition) is 0. The topological polar surface area (TPSA) is 17.1 Å². The molecule has 1 atom stereocenters. The molecule has 0 rings (SSSR count). The highest BCUT2D eigenvalue weighted by Crippen LogP contribution is 2.40. The summed E-state index contributed by atoms with van der Waals surface area (Å²) < 4.78 is 0. The smallest absolute Gasteiger partial charge is 0.140 e. The van der Waals surface area contributed by atoms with E-state index in [0.717, 1.165) is 0 Å². The molecule has 0 fully saturated rings. The Hall–Kier alpha value is 0.0200. The summed E-state index contributed by atoms with van der Waals surface area (Å²) in [5, 5.41) is 0.262. The van der Waals surface area contributed by atoms with Crippen LogP contribution in [0.4, 0.5) is 0 Å².